The van der Waals surface area contributed by atoms with Crippen molar-refractivity contribution in [3.8, 4) is 12.3 Å². The molecule has 0 aromatic carbocycles. The van der Waals surface area contributed by atoms with E-state index in [0.29, 0.717) is 185 Å². The molecule has 0 bridgehead atoms. The summed E-state index contributed by atoms with van der Waals surface area (Å²) in [5.41, 5.74) is 0. The van der Waals surface area contributed by atoms with Gasteiger partial charge in [-0.15, -0.1) is 6.42 Å². The number of carboxylic acids is 1. The maximum Gasteiger partial charge on any atom is 0.303 e. The molecule has 300 valence electrons. The van der Waals surface area contributed by atoms with Crippen molar-refractivity contribution in [3.05, 3.63) is 0 Å². The largest absolute Gasteiger partial charge is 0.481 e. The number of carboxylic acid groups (broad SMARTS) is 1. The average Bonchev–Trinajstić information content (AvgIpc) is 3.12. The quantitative estimate of drug-likeness (QED) is 0.0637. The molecule has 0 aromatic rings. The van der Waals surface area contributed by atoms with Crippen LogP contribution in [-0.2, 0) is 71.2 Å². The molecule has 0 aliphatic heterocycles. The SMILES string of the molecule is C#CCOCCOCCOCCOCCOCCOCCOCCOCCOCCOCCOCCOCCOCCCNC(=O)CCC(=O)O. The van der Waals surface area contributed by atoms with E-state index in [1.807, 2.05) is 0 Å². The maximum absolute atomic E-state index is 11.4. The van der Waals surface area contributed by atoms with E-state index in [-0.39, 0.29) is 18.7 Å². The first-order valence-corrected chi connectivity index (χ1v) is 17.6. The van der Waals surface area contributed by atoms with Crippen LogP contribution >= 0.6 is 0 Å². The number of amides is 1. The predicted octanol–water partition coefficient (Wildman–Crippen LogP) is 0.207. The Hall–Kier alpha value is -2.02. The Morgan fingerprint density at radius 1 is 0.412 bits per heavy atom. The molecule has 0 aliphatic rings. The number of hydrogen-bond acceptors (Lipinski definition) is 15. The minimum atomic E-state index is -0.985. The first-order valence-electron chi connectivity index (χ1n) is 17.6. The lowest BCUT2D eigenvalue weighted by Gasteiger charge is -2.09. The van der Waals surface area contributed by atoms with Crippen LogP contribution in [0.3, 0.4) is 0 Å². The van der Waals surface area contributed by atoms with Gasteiger partial charge in [0.1, 0.15) is 6.61 Å². The molecule has 0 saturated heterocycles. The molecule has 0 fully saturated rings. The first kappa shape index (κ1) is 49.0. The molecule has 17 nitrogen and oxygen atoms in total. The summed E-state index contributed by atoms with van der Waals surface area (Å²) in [5, 5.41) is 11.2. The fourth-order valence-corrected chi connectivity index (χ4v) is 3.48. The van der Waals surface area contributed by atoms with Gasteiger partial charge < -0.3 is 72.0 Å². The summed E-state index contributed by atoms with van der Waals surface area (Å²) in [6, 6.07) is 0. The number of terminal acetylenes is 1. The van der Waals surface area contributed by atoms with Crippen molar-refractivity contribution in [2.24, 2.45) is 0 Å². The highest BCUT2D eigenvalue weighted by Crippen LogP contribution is 1.90. The number of ether oxygens (including phenoxy) is 13. The topological polar surface area (TPSA) is 186 Å². The van der Waals surface area contributed by atoms with E-state index in [9.17, 15) is 9.59 Å². The summed E-state index contributed by atoms with van der Waals surface area (Å²) in [4.78, 5) is 21.8. The third-order valence-electron chi connectivity index (χ3n) is 6.00. The molecule has 0 unspecified atom stereocenters. The number of aliphatic carboxylic acids is 1. The molecule has 0 aromatic heterocycles. The highest BCUT2D eigenvalue weighted by molar-refractivity contribution is 5.80. The first-order chi connectivity index (χ1) is 25.2. The minimum absolute atomic E-state index is 0.0126. The van der Waals surface area contributed by atoms with Crippen LogP contribution in [0, 0.1) is 12.3 Å². The summed E-state index contributed by atoms with van der Waals surface area (Å²) < 4.78 is 70.4. The fraction of sp³-hybridized carbons (Fsp3) is 0.882. The summed E-state index contributed by atoms with van der Waals surface area (Å²) in [6.45, 7) is 12.8. The minimum Gasteiger partial charge on any atom is -0.481 e. The number of hydrogen-bond donors (Lipinski definition) is 2. The molecule has 51 heavy (non-hydrogen) atoms. The van der Waals surface area contributed by atoms with Gasteiger partial charge in [0.2, 0.25) is 5.91 Å². The van der Waals surface area contributed by atoms with Crippen molar-refractivity contribution in [1.29, 1.82) is 0 Å². The molecule has 0 aliphatic carbocycles. The van der Waals surface area contributed by atoms with E-state index >= 15 is 0 Å². The Labute approximate surface area is 303 Å². The second kappa shape index (κ2) is 44.1. The van der Waals surface area contributed by atoms with Crippen molar-refractivity contribution in [2.75, 3.05) is 178 Å². The number of nitrogens with one attached hydrogen (secondary N) is 1. The van der Waals surface area contributed by atoms with Crippen LogP contribution in [0.2, 0.25) is 0 Å². The van der Waals surface area contributed by atoms with Crippen molar-refractivity contribution in [1.82, 2.24) is 5.32 Å². The van der Waals surface area contributed by atoms with Crippen molar-refractivity contribution in [2.45, 2.75) is 19.3 Å². The van der Waals surface area contributed by atoms with E-state index < -0.39 is 5.97 Å². The Kier molecular flexibility index (Phi) is 42.4. The van der Waals surface area contributed by atoms with Crippen LogP contribution in [0.25, 0.3) is 0 Å². The lowest BCUT2D eigenvalue weighted by Crippen LogP contribution is -2.25. The van der Waals surface area contributed by atoms with E-state index in [1.54, 1.807) is 0 Å². The highest BCUT2D eigenvalue weighted by Gasteiger charge is 2.04. The van der Waals surface area contributed by atoms with Gasteiger partial charge in [-0.1, -0.05) is 5.92 Å². The summed E-state index contributed by atoms with van der Waals surface area (Å²) >= 11 is 0. The number of rotatable bonds is 44. The van der Waals surface area contributed by atoms with E-state index in [0.717, 1.165) is 0 Å². The van der Waals surface area contributed by atoms with Crippen molar-refractivity contribution >= 4 is 11.9 Å². The van der Waals surface area contributed by atoms with Crippen molar-refractivity contribution in [3.63, 3.8) is 0 Å². The van der Waals surface area contributed by atoms with Gasteiger partial charge in [0.05, 0.1) is 165 Å². The van der Waals surface area contributed by atoms with Crippen LogP contribution in [-0.4, -0.2) is 195 Å². The van der Waals surface area contributed by atoms with Crippen LogP contribution < -0.4 is 5.32 Å². The Morgan fingerprint density at radius 3 is 0.922 bits per heavy atom. The Morgan fingerprint density at radius 2 is 0.667 bits per heavy atom. The molecule has 0 saturated carbocycles. The van der Waals surface area contributed by atoms with E-state index in [2.05, 4.69) is 11.2 Å². The second-order valence-electron chi connectivity index (χ2n) is 10.2. The smallest absolute Gasteiger partial charge is 0.303 e. The van der Waals surface area contributed by atoms with E-state index in [1.165, 1.54) is 0 Å². The zero-order chi connectivity index (χ0) is 37.0. The lowest BCUT2D eigenvalue weighted by atomic mass is 10.3. The summed E-state index contributed by atoms with van der Waals surface area (Å²) in [5.74, 6) is 1.14. The molecule has 2 N–H and O–H groups in total. The van der Waals surface area contributed by atoms with Gasteiger partial charge in [-0.05, 0) is 6.42 Å². The van der Waals surface area contributed by atoms with Crippen LogP contribution in [0.4, 0.5) is 0 Å². The number of carbonyl (C=O) groups is 2. The summed E-state index contributed by atoms with van der Waals surface area (Å²) in [6.07, 6.45) is 5.55. The van der Waals surface area contributed by atoms with E-state index in [4.69, 9.17) is 73.1 Å². The van der Waals surface area contributed by atoms with Gasteiger partial charge in [0.25, 0.3) is 0 Å². The van der Waals surface area contributed by atoms with Gasteiger partial charge in [-0.2, -0.15) is 0 Å². The zero-order valence-electron chi connectivity index (χ0n) is 30.4. The van der Waals surface area contributed by atoms with Crippen LogP contribution in [0.5, 0.6) is 0 Å². The molecule has 17 heteroatoms. The molecular weight excluding hydrogens is 678 g/mol. The molecule has 0 heterocycles. The highest BCUT2D eigenvalue weighted by atomic mass is 16.6. The maximum atomic E-state index is 11.4. The Balaban J connectivity index is 3.08. The van der Waals surface area contributed by atoms with Crippen LogP contribution in [0.15, 0.2) is 0 Å². The van der Waals surface area contributed by atoms with Gasteiger partial charge in [-0.3, -0.25) is 9.59 Å². The van der Waals surface area contributed by atoms with Crippen LogP contribution in [0.1, 0.15) is 19.3 Å². The monoisotopic (exact) mass is 741 g/mol. The Bertz CT molecular complexity index is 773. The van der Waals surface area contributed by atoms with Crippen molar-refractivity contribution < 1.29 is 76.3 Å². The average molecular weight is 742 g/mol. The number of carbonyl (C=O) groups excluding carboxylic acids is 1. The van der Waals surface area contributed by atoms with Gasteiger partial charge in [-0.25, -0.2) is 0 Å². The zero-order valence-corrected chi connectivity index (χ0v) is 30.4. The lowest BCUT2D eigenvalue weighted by molar-refractivity contribution is -0.138. The molecule has 0 spiro atoms. The second-order valence-corrected chi connectivity index (χ2v) is 10.2. The molecule has 1 amide bonds. The standard InChI is InChI=1S/C34H63NO16/c1-2-7-39-9-11-41-13-15-43-17-19-45-21-23-47-25-27-49-29-31-51-32-30-50-28-26-48-24-22-46-20-18-44-16-14-42-12-10-40-8-3-6-35-33(36)4-5-34(37)38/h1H,3-32H2,(H,35,36)(H,37,38). The summed E-state index contributed by atoms with van der Waals surface area (Å²) in [7, 11) is 0. The predicted molar refractivity (Wildman–Crippen MR) is 184 cm³/mol. The molecule has 0 rings (SSSR count). The molecule has 0 atom stereocenters. The molecular formula is C34H63NO16. The molecule has 0 radical (unpaired) electrons. The van der Waals surface area contributed by atoms with Gasteiger partial charge in [0, 0.05) is 19.6 Å². The normalized spacial score (nSPS) is 11.2. The van der Waals surface area contributed by atoms with Gasteiger partial charge in [0.15, 0.2) is 0 Å². The third-order valence-corrected chi connectivity index (χ3v) is 6.00. The van der Waals surface area contributed by atoms with Gasteiger partial charge >= 0.3 is 5.97 Å². The third kappa shape index (κ3) is 46.0. The fourth-order valence-electron chi connectivity index (χ4n) is 3.48.